The lowest BCUT2D eigenvalue weighted by atomic mass is 9.81. The van der Waals surface area contributed by atoms with Gasteiger partial charge in [0.2, 0.25) is 5.91 Å². The molecule has 140 valence electrons. The minimum Gasteiger partial charge on any atom is -0.324 e. The van der Waals surface area contributed by atoms with E-state index < -0.39 is 0 Å². The van der Waals surface area contributed by atoms with Gasteiger partial charge in [-0.3, -0.25) is 9.63 Å². The molecule has 1 amide bonds. The lowest BCUT2D eigenvalue weighted by Gasteiger charge is -2.29. The fraction of sp³-hybridized carbons (Fsp3) is 0.409. The highest BCUT2D eigenvalue weighted by molar-refractivity contribution is 6.21. The van der Waals surface area contributed by atoms with E-state index in [-0.39, 0.29) is 29.3 Å². The molecule has 2 aromatic carbocycles. The van der Waals surface area contributed by atoms with Crippen LogP contribution in [0.15, 0.2) is 54.6 Å². The highest BCUT2D eigenvalue weighted by Crippen LogP contribution is 2.57. The number of halogens is 1. The fourth-order valence-corrected chi connectivity index (χ4v) is 5.68. The average Bonchev–Trinajstić information content (AvgIpc) is 3.34. The van der Waals surface area contributed by atoms with Gasteiger partial charge in [-0.2, -0.15) is 0 Å². The van der Waals surface area contributed by atoms with Crippen molar-refractivity contribution >= 4 is 28.9 Å². The van der Waals surface area contributed by atoms with Crippen molar-refractivity contribution in [2.45, 2.75) is 37.3 Å². The molecular weight excluding hydrogens is 360 g/mol. The van der Waals surface area contributed by atoms with Crippen LogP contribution in [0.4, 0.5) is 11.4 Å². The Kier molecular flexibility index (Phi) is 4.14. The Morgan fingerprint density at radius 3 is 2.63 bits per heavy atom. The molecule has 27 heavy (non-hydrogen) atoms. The summed E-state index contributed by atoms with van der Waals surface area (Å²) in [6.45, 7) is 2.01. The molecule has 0 radical (unpaired) electrons. The summed E-state index contributed by atoms with van der Waals surface area (Å²) in [5.41, 5.74) is 2.83. The molecule has 6 atom stereocenters. The minimum atomic E-state index is -0.337. The Hall–Kier alpha value is -2.04. The van der Waals surface area contributed by atoms with Gasteiger partial charge in [0.25, 0.3) is 0 Å². The minimum absolute atomic E-state index is 0.000625. The lowest BCUT2D eigenvalue weighted by Crippen LogP contribution is -2.45. The third kappa shape index (κ3) is 2.74. The molecular formula is C22H23ClN2O2. The Balaban J connectivity index is 1.48. The number of aryl methyl sites for hydroxylation is 1. The maximum atomic E-state index is 13.4. The summed E-state index contributed by atoms with van der Waals surface area (Å²) in [5.74, 6) is 0.974. The van der Waals surface area contributed by atoms with E-state index in [0.29, 0.717) is 11.8 Å². The van der Waals surface area contributed by atoms with Crippen molar-refractivity contribution in [1.82, 2.24) is 0 Å². The summed E-state index contributed by atoms with van der Waals surface area (Å²) in [6.07, 6.45) is 2.08. The molecule has 1 N–H and O–H groups in total. The van der Waals surface area contributed by atoms with Crippen molar-refractivity contribution in [2.24, 2.45) is 17.8 Å². The number of hydroxylamine groups is 1. The van der Waals surface area contributed by atoms with E-state index in [2.05, 4.69) is 5.32 Å². The van der Waals surface area contributed by atoms with Crippen LogP contribution in [0, 0.1) is 24.7 Å². The van der Waals surface area contributed by atoms with Crippen LogP contribution in [-0.2, 0) is 9.63 Å². The van der Waals surface area contributed by atoms with Gasteiger partial charge in [0.1, 0.15) is 6.04 Å². The number of carbonyl (C=O) groups is 1. The largest absolute Gasteiger partial charge is 0.324 e. The number of hydrogen-bond donors (Lipinski definition) is 1. The molecule has 2 aliphatic carbocycles. The summed E-state index contributed by atoms with van der Waals surface area (Å²) in [5, 5.41) is 5.13. The standard InChI is InChI=1S/C22H23ClN2O2/c1-13-7-5-6-10-18(13)24-22(26)20-19-14-11-16(17(23)12-14)21(19)27-25(20)15-8-3-2-4-9-15/h2-10,14,16-17,19-21H,11-12H2,1H3,(H,24,26)/t14-,16-,17+,19-,20+,21-/m1/s1. The summed E-state index contributed by atoms with van der Waals surface area (Å²) in [7, 11) is 0. The highest BCUT2D eigenvalue weighted by Gasteiger charge is 2.62. The van der Waals surface area contributed by atoms with Gasteiger partial charge in [-0.1, -0.05) is 36.4 Å². The van der Waals surface area contributed by atoms with E-state index in [0.717, 1.165) is 29.8 Å². The van der Waals surface area contributed by atoms with Gasteiger partial charge >= 0.3 is 0 Å². The van der Waals surface area contributed by atoms with E-state index in [1.165, 1.54) is 0 Å². The monoisotopic (exact) mass is 382 g/mol. The molecule has 0 unspecified atom stereocenters. The van der Waals surface area contributed by atoms with Gasteiger partial charge in [-0.05, 0) is 49.4 Å². The van der Waals surface area contributed by atoms with Crippen LogP contribution in [0.25, 0.3) is 0 Å². The Labute approximate surface area is 164 Å². The van der Waals surface area contributed by atoms with E-state index in [4.69, 9.17) is 16.4 Å². The molecule has 3 aliphatic rings. The van der Waals surface area contributed by atoms with E-state index in [1.807, 2.05) is 66.6 Å². The zero-order valence-electron chi connectivity index (χ0n) is 15.2. The Morgan fingerprint density at radius 2 is 1.85 bits per heavy atom. The number of amides is 1. The van der Waals surface area contributed by atoms with Crippen molar-refractivity contribution in [1.29, 1.82) is 0 Å². The van der Waals surface area contributed by atoms with Crippen LogP contribution in [0.5, 0.6) is 0 Å². The predicted octanol–water partition coefficient (Wildman–Crippen LogP) is 4.39. The zero-order chi connectivity index (χ0) is 18.5. The molecule has 2 bridgehead atoms. The van der Waals surface area contributed by atoms with Gasteiger partial charge in [0.05, 0.1) is 11.8 Å². The predicted molar refractivity (Wildman–Crippen MR) is 107 cm³/mol. The lowest BCUT2D eigenvalue weighted by molar-refractivity contribution is -0.118. The number of anilines is 2. The molecule has 5 rings (SSSR count). The highest BCUT2D eigenvalue weighted by atomic mass is 35.5. The summed E-state index contributed by atoms with van der Waals surface area (Å²) < 4.78 is 0. The molecule has 1 saturated heterocycles. The molecule has 1 heterocycles. The maximum absolute atomic E-state index is 13.4. The third-order valence-corrected chi connectivity index (χ3v) is 6.95. The van der Waals surface area contributed by atoms with E-state index in [1.54, 1.807) is 0 Å². The molecule has 2 saturated carbocycles. The second kappa shape index (κ2) is 6.54. The van der Waals surface area contributed by atoms with Crippen molar-refractivity contribution in [3.63, 3.8) is 0 Å². The zero-order valence-corrected chi connectivity index (χ0v) is 16.0. The van der Waals surface area contributed by atoms with Gasteiger partial charge in [0, 0.05) is 22.9 Å². The Bertz CT molecular complexity index is 858. The summed E-state index contributed by atoms with van der Waals surface area (Å²) in [6, 6.07) is 17.5. The van der Waals surface area contributed by atoms with Crippen molar-refractivity contribution in [3.8, 4) is 0 Å². The molecule has 1 aliphatic heterocycles. The number of para-hydroxylation sites is 2. The SMILES string of the molecule is Cc1ccccc1NC(=O)[C@@H]1[C@H]2[C@@H]3C[C@@H]([C@H]2ON1c1ccccc1)[C@@H](Cl)C3. The van der Waals surface area contributed by atoms with Gasteiger partial charge in [-0.15, -0.1) is 11.6 Å². The smallest absolute Gasteiger partial charge is 0.250 e. The molecule has 4 nitrogen and oxygen atoms in total. The number of carbonyl (C=O) groups excluding carboxylic acids is 1. The quantitative estimate of drug-likeness (QED) is 0.800. The van der Waals surface area contributed by atoms with Crippen LogP contribution in [0.3, 0.4) is 0 Å². The van der Waals surface area contributed by atoms with Gasteiger partial charge in [0.15, 0.2) is 0 Å². The van der Waals surface area contributed by atoms with Crippen molar-refractivity contribution < 1.29 is 9.63 Å². The first-order valence-electron chi connectivity index (χ1n) is 9.65. The second-order valence-corrected chi connectivity index (χ2v) is 8.53. The summed E-state index contributed by atoms with van der Waals surface area (Å²) in [4.78, 5) is 19.8. The van der Waals surface area contributed by atoms with Crippen LogP contribution >= 0.6 is 11.6 Å². The first kappa shape index (κ1) is 17.1. The molecule has 0 aromatic heterocycles. The van der Waals surface area contributed by atoms with Crippen molar-refractivity contribution in [2.75, 3.05) is 10.4 Å². The number of rotatable bonds is 3. The average molecular weight is 383 g/mol. The number of benzene rings is 2. The normalized spacial score (nSPS) is 33.9. The molecule has 3 fully saturated rings. The molecule has 2 aromatic rings. The maximum Gasteiger partial charge on any atom is 0.250 e. The number of fused-ring (bicyclic) bond motifs is 5. The fourth-order valence-electron chi connectivity index (χ4n) is 5.20. The number of hydrogen-bond acceptors (Lipinski definition) is 3. The van der Waals surface area contributed by atoms with Crippen LogP contribution < -0.4 is 10.4 Å². The first-order chi connectivity index (χ1) is 13.1. The molecule has 5 heteroatoms. The number of alkyl halides is 1. The van der Waals surface area contributed by atoms with E-state index >= 15 is 0 Å². The topological polar surface area (TPSA) is 41.6 Å². The Morgan fingerprint density at radius 1 is 1.11 bits per heavy atom. The second-order valence-electron chi connectivity index (χ2n) is 7.97. The number of nitrogens with one attached hydrogen (secondary N) is 1. The number of nitrogens with zero attached hydrogens (tertiary/aromatic N) is 1. The van der Waals surface area contributed by atoms with Crippen LogP contribution in [0.2, 0.25) is 0 Å². The van der Waals surface area contributed by atoms with Gasteiger partial charge < -0.3 is 5.32 Å². The first-order valence-corrected chi connectivity index (χ1v) is 10.1. The van der Waals surface area contributed by atoms with Gasteiger partial charge in [-0.25, -0.2) is 5.06 Å². The van der Waals surface area contributed by atoms with Crippen LogP contribution in [0.1, 0.15) is 18.4 Å². The van der Waals surface area contributed by atoms with E-state index in [9.17, 15) is 4.79 Å². The molecule has 0 spiro atoms. The summed E-state index contributed by atoms with van der Waals surface area (Å²) >= 11 is 6.55. The van der Waals surface area contributed by atoms with Crippen LogP contribution in [-0.4, -0.2) is 23.4 Å². The third-order valence-electron chi connectivity index (χ3n) is 6.45. The van der Waals surface area contributed by atoms with Crippen molar-refractivity contribution in [3.05, 3.63) is 60.2 Å².